The standard InChI is InChI=1S/C13H16O/c1-4-11-7-5-6-8-12(11)13(14)9-10(2)3/h5-9H,4H2,1-3H3. The Bertz CT molecular complexity index is 357. The van der Waals surface area contributed by atoms with Crippen LogP contribution < -0.4 is 0 Å². The first-order chi connectivity index (χ1) is 6.65. The van der Waals surface area contributed by atoms with Crippen molar-refractivity contribution in [1.82, 2.24) is 0 Å². The Labute approximate surface area is 85.5 Å². The minimum absolute atomic E-state index is 0.113. The smallest absolute Gasteiger partial charge is 0.186 e. The molecule has 1 nitrogen and oxygen atoms in total. The molecule has 0 atom stereocenters. The Hall–Kier alpha value is -1.37. The maximum atomic E-state index is 11.8. The van der Waals surface area contributed by atoms with Crippen LogP contribution in [-0.2, 0) is 6.42 Å². The second kappa shape index (κ2) is 4.75. The Kier molecular flexibility index (Phi) is 3.63. The van der Waals surface area contributed by atoms with Crippen molar-refractivity contribution < 1.29 is 4.79 Å². The highest BCUT2D eigenvalue weighted by atomic mass is 16.1. The number of hydrogen-bond donors (Lipinski definition) is 0. The highest BCUT2D eigenvalue weighted by Crippen LogP contribution is 2.11. The van der Waals surface area contributed by atoms with E-state index in [-0.39, 0.29) is 5.78 Å². The molecular formula is C13H16O. The molecule has 0 aliphatic rings. The van der Waals surface area contributed by atoms with Gasteiger partial charge >= 0.3 is 0 Å². The average molecular weight is 188 g/mol. The third kappa shape index (κ3) is 2.56. The second-order valence-corrected chi connectivity index (χ2v) is 3.60. The molecule has 0 radical (unpaired) electrons. The van der Waals surface area contributed by atoms with E-state index in [1.807, 2.05) is 38.1 Å². The zero-order valence-electron chi connectivity index (χ0n) is 9.00. The van der Waals surface area contributed by atoms with Crippen molar-refractivity contribution in [2.24, 2.45) is 0 Å². The average Bonchev–Trinajstić information content (AvgIpc) is 2.16. The first-order valence-corrected chi connectivity index (χ1v) is 4.92. The first-order valence-electron chi connectivity index (χ1n) is 4.92. The summed E-state index contributed by atoms with van der Waals surface area (Å²) in [4.78, 5) is 11.8. The highest BCUT2D eigenvalue weighted by Gasteiger charge is 2.06. The van der Waals surface area contributed by atoms with E-state index in [1.165, 1.54) is 0 Å². The van der Waals surface area contributed by atoms with E-state index >= 15 is 0 Å². The van der Waals surface area contributed by atoms with Crippen LogP contribution in [-0.4, -0.2) is 5.78 Å². The van der Waals surface area contributed by atoms with E-state index in [2.05, 4.69) is 6.92 Å². The van der Waals surface area contributed by atoms with Gasteiger partial charge < -0.3 is 0 Å². The van der Waals surface area contributed by atoms with Gasteiger partial charge in [0.25, 0.3) is 0 Å². The molecule has 1 aromatic rings. The van der Waals surface area contributed by atoms with Crippen LogP contribution in [0.1, 0.15) is 36.7 Å². The van der Waals surface area contributed by atoms with E-state index in [9.17, 15) is 4.79 Å². The summed E-state index contributed by atoms with van der Waals surface area (Å²) in [5.74, 6) is 0.113. The van der Waals surface area contributed by atoms with Crippen LogP contribution in [0.15, 0.2) is 35.9 Å². The molecular weight excluding hydrogens is 172 g/mol. The predicted molar refractivity (Wildman–Crippen MR) is 59.6 cm³/mol. The van der Waals surface area contributed by atoms with Gasteiger partial charge in [-0.1, -0.05) is 36.8 Å². The molecule has 0 spiro atoms. The summed E-state index contributed by atoms with van der Waals surface area (Å²) in [5.41, 5.74) is 2.99. The van der Waals surface area contributed by atoms with E-state index in [4.69, 9.17) is 0 Å². The maximum absolute atomic E-state index is 11.8. The summed E-state index contributed by atoms with van der Waals surface area (Å²) in [5, 5.41) is 0. The van der Waals surface area contributed by atoms with Gasteiger partial charge in [-0.2, -0.15) is 0 Å². The zero-order chi connectivity index (χ0) is 10.6. The van der Waals surface area contributed by atoms with E-state index in [1.54, 1.807) is 6.08 Å². The molecule has 0 bridgehead atoms. The Morgan fingerprint density at radius 1 is 1.29 bits per heavy atom. The molecule has 0 aromatic heterocycles. The largest absolute Gasteiger partial charge is 0.289 e. The summed E-state index contributed by atoms with van der Waals surface area (Å²) < 4.78 is 0. The van der Waals surface area contributed by atoms with Crippen molar-refractivity contribution in [3.8, 4) is 0 Å². The van der Waals surface area contributed by atoms with Crippen molar-refractivity contribution in [2.75, 3.05) is 0 Å². The van der Waals surface area contributed by atoms with Crippen LogP contribution in [0.5, 0.6) is 0 Å². The van der Waals surface area contributed by atoms with Crippen LogP contribution in [0.2, 0.25) is 0 Å². The minimum Gasteiger partial charge on any atom is -0.289 e. The monoisotopic (exact) mass is 188 g/mol. The number of hydrogen-bond acceptors (Lipinski definition) is 1. The number of benzene rings is 1. The van der Waals surface area contributed by atoms with Crippen LogP contribution >= 0.6 is 0 Å². The van der Waals surface area contributed by atoms with Crippen LogP contribution in [0.3, 0.4) is 0 Å². The molecule has 0 saturated carbocycles. The quantitative estimate of drug-likeness (QED) is 0.525. The predicted octanol–water partition coefficient (Wildman–Crippen LogP) is 3.40. The van der Waals surface area contributed by atoms with Gasteiger partial charge in [0, 0.05) is 5.56 Å². The van der Waals surface area contributed by atoms with E-state index in [0.29, 0.717) is 0 Å². The van der Waals surface area contributed by atoms with Gasteiger partial charge in [-0.05, 0) is 31.9 Å². The summed E-state index contributed by atoms with van der Waals surface area (Å²) in [7, 11) is 0. The summed E-state index contributed by atoms with van der Waals surface area (Å²) in [6.45, 7) is 5.94. The van der Waals surface area contributed by atoms with Gasteiger partial charge in [-0.25, -0.2) is 0 Å². The molecule has 0 unspecified atom stereocenters. The molecule has 1 aromatic carbocycles. The molecule has 0 aliphatic heterocycles. The van der Waals surface area contributed by atoms with Crippen molar-refractivity contribution in [3.05, 3.63) is 47.0 Å². The lowest BCUT2D eigenvalue weighted by Gasteiger charge is -2.03. The molecule has 1 heteroatoms. The van der Waals surface area contributed by atoms with Gasteiger partial charge in [0.05, 0.1) is 0 Å². The molecule has 0 saturated heterocycles. The SMILES string of the molecule is CCc1ccccc1C(=O)C=C(C)C. The molecule has 0 amide bonds. The third-order valence-electron chi connectivity index (χ3n) is 2.08. The minimum atomic E-state index is 0.113. The molecule has 0 N–H and O–H groups in total. The summed E-state index contributed by atoms with van der Waals surface area (Å²) in [6.07, 6.45) is 2.59. The van der Waals surface area contributed by atoms with E-state index < -0.39 is 0 Å². The normalized spacial score (nSPS) is 9.64. The molecule has 0 heterocycles. The lowest BCUT2D eigenvalue weighted by atomic mass is 10.0. The van der Waals surface area contributed by atoms with Gasteiger partial charge in [0.15, 0.2) is 5.78 Å². The van der Waals surface area contributed by atoms with Gasteiger partial charge in [0.2, 0.25) is 0 Å². The lowest BCUT2D eigenvalue weighted by Crippen LogP contribution is -2.00. The van der Waals surface area contributed by atoms with Gasteiger partial charge in [-0.15, -0.1) is 0 Å². The number of allylic oxidation sites excluding steroid dienone is 2. The fraction of sp³-hybridized carbons (Fsp3) is 0.308. The van der Waals surface area contributed by atoms with Crippen molar-refractivity contribution in [2.45, 2.75) is 27.2 Å². The fourth-order valence-corrected chi connectivity index (χ4v) is 1.41. The second-order valence-electron chi connectivity index (χ2n) is 3.60. The van der Waals surface area contributed by atoms with Gasteiger partial charge in [0.1, 0.15) is 0 Å². The molecule has 1 rings (SSSR count). The summed E-state index contributed by atoms with van der Waals surface area (Å²) in [6, 6.07) is 7.77. The zero-order valence-corrected chi connectivity index (χ0v) is 9.00. The fourth-order valence-electron chi connectivity index (χ4n) is 1.41. The third-order valence-corrected chi connectivity index (χ3v) is 2.08. The van der Waals surface area contributed by atoms with Crippen LogP contribution in [0, 0.1) is 0 Å². The number of aryl methyl sites for hydroxylation is 1. The number of rotatable bonds is 3. The maximum Gasteiger partial charge on any atom is 0.186 e. The number of carbonyl (C=O) groups is 1. The van der Waals surface area contributed by atoms with E-state index in [0.717, 1.165) is 23.1 Å². The molecule has 0 aliphatic carbocycles. The molecule has 0 fully saturated rings. The number of carbonyl (C=O) groups excluding carboxylic acids is 1. The van der Waals surface area contributed by atoms with Gasteiger partial charge in [-0.3, -0.25) is 4.79 Å². The first kappa shape index (κ1) is 10.7. The molecule has 74 valence electrons. The lowest BCUT2D eigenvalue weighted by molar-refractivity contribution is 0.104. The summed E-state index contributed by atoms with van der Waals surface area (Å²) >= 11 is 0. The Balaban J connectivity index is 3.06. The Morgan fingerprint density at radius 3 is 2.50 bits per heavy atom. The van der Waals surface area contributed by atoms with Crippen molar-refractivity contribution in [3.63, 3.8) is 0 Å². The topological polar surface area (TPSA) is 17.1 Å². The number of ketones is 1. The van der Waals surface area contributed by atoms with Crippen LogP contribution in [0.4, 0.5) is 0 Å². The highest BCUT2D eigenvalue weighted by molar-refractivity contribution is 6.05. The van der Waals surface area contributed by atoms with Crippen molar-refractivity contribution in [1.29, 1.82) is 0 Å². The van der Waals surface area contributed by atoms with Crippen molar-refractivity contribution >= 4 is 5.78 Å². The Morgan fingerprint density at radius 2 is 1.93 bits per heavy atom. The molecule has 14 heavy (non-hydrogen) atoms. The van der Waals surface area contributed by atoms with Crippen LogP contribution in [0.25, 0.3) is 0 Å².